The van der Waals surface area contributed by atoms with E-state index in [4.69, 9.17) is 15.3 Å². The Bertz CT molecular complexity index is 643. The fourth-order valence-electron chi connectivity index (χ4n) is 2.52. The van der Waals surface area contributed by atoms with Crippen LogP contribution in [0.2, 0.25) is 0 Å². The number of nitrogens with zero attached hydrogens (tertiary/aromatic N) is 3. The van der Waals surface area contributed by atoms with E-state index in [-0.39, 0.29) is 18.8 Å². The topological polar surface area (TPSA) is 99.7 Å². The number of anilines is 1. The molecule has 1 aromatic rings. The van der Waals surface area contributed by atoms with Gasteiger partial charge in [0.05, 0.1) is 12.1 Å². The van der Waals surface area contributed by atoms with E-state index in [1.165, 1.54) is 0 Å². The maximum Gasteiger partial charge on any atom is 0.411 e. The van der Waals surface area contributed by atoms with Gasteiger partial charge in [0.1, 0.15) is 11.3 Å². The van der Waals surface area contributed by atoms with Crippen LogP contribution in [0.25, 0.3) is 0 Å². The average molecular weight is 324 g/mol. The molecule has 1 aliphatic heterocycles. The van der Waals surface area contributed by atoms with Crippen molar-refractivity contribution in [3.05, 3.63) is 11.3 Å². The van der Waals surface area contributed by atoms with E-state index in [1.54, 1.807) is 32.6 Å². The smallest absolute Gasteiger partial charge is 0.411 e. The monoisotopic (exact) mass is 324 g/mol. The molecule has 0 aliphatic carbocycles. The Balaban J connectivity index is 2.36. The number of nitrogens with two attached hydrogens (primary N) is 1. The van der Waals surface area contributed by atoms with E-state index in [0.29, 0.717) is 11.3 Å². The van der Waals surface area contributed by atoms with E-state index in [0.717, 1.165) is 4.85 Å². The van der Waals surface area contributed by atoms with E-state index < -0.39 is 23.2 Å². The summed E-state index contributed by atoms with van der Waals surface area (Å²) in [6, 6.07) is 0. The molecule has 0 radical (unpaired) electrons. The van der Waals surface area contributed by atoms with Crippen molar-refractivity contribution in [2.45, 2.75) is 65.6 Å². The van der Waals surface area contributed by atoms with Gasteiger partial charge in [-0.3, -0.25) is 4.90 Å². The third-order valence-corrected chi connectivity index (χ3v) is 3.65. The Morgan fingerprint density at radius 1 is 1.35 bits per heavy atom. The van der Waals surface area contributed by atoms with Gasteiger partial charge in [0.15, 0.2) is 5.82 Å². The molecule has 0 saturated carbocycles. The molecule has 1 amide bonds. The Labute approximate surface area is 135 Å². The molecular weight excluding hydrogens is 300 g/mol. The fourth-order valence-corrected chi connectivity index (χ4v) is 2.52. The fraction of sp³-hybridized carbons (Fsp3) is 0.667. The first kappa shape index (κ1) is 17.1. The van der Waals surface area contributed by atoms with Gasteiger partial charge in [-0.15, -0.1) is 5.10 Å². The second-order valence-corrected chi connectivity index (χ2v) is 7.03. The molecule has 2 rings (SSSR count). The van der Waals surface area contributed by atoms with Gasteiger partial charge in [-0.1, -0.05) is 11.8 Å². The molecular formula is C15H24N4O4. The summed E-state index contributed by atoms with van der Waals surface area (Å²) in [4.78, 5) is 31.9. The van der Waals surface area contributed by atoms with Crippen LogP contribution in [0.4, 0.5) is 10.6 Å². The Hall–Kier alpha value is -2.25. The molecule has 1 aromatic heterocycles. The highest BCUT2D eigenvalue weighted by atomic mass is 16.7. The molecule has 8 nitrogen and oxygen atoms in total. The van der Waals surface area contributed by atoms with E-state index >= 15 is 0 Å². The van der Waals surface area contributed by atoms with Crippen LogP contribution in [0.15, 0.2) is 0 Å². The van der Waals surface area contributed by atoms with Gasteiger partial charge in [-0.2, -0.15) is 0 Å². The van der Waals surface area contributed by atoms with Gasteiger partial charge < -0.3 is 15.3 Å². The summed E-state index contributed by atoms with van der Waals surface area (Å²) in [5, 5.41) is 4.06. The molecule has 0 bridgehead atoms. The zero-order valence-electron chi connectivity index (χ0n) is 14.5. The predicted octanol–water partition coefficient (Wildman–Crippen LogP) is 1.82. The van der Waals surface area contributed by atoms with Crippen LogP contribution in [0, 0.1) is 0 Å². The molecule has 2 N–H and O–H groups in total. The number of nitrogen functional groups attached to an aromatic ring is 1. The summed E-state index contributed by atoms with van der Waals surface area (Å²) in [5.74, 6) is -0.190. The average Bonchev–Trinajstić information content (AvgIpc) is 2.84. The summed E-state index contributed by atoms with van der Waals surface area (Å²) in [6.07, 6.45) is -0.239. The van der Waals surface area contributed by atoms with Gasteiger partial charge in [0.2, 0.25) is 0 Å². The number of carbonyl (C=O) groups is 2. The van der Waals surface area contributed by atoms with Gasteiger partial charge in [-0.25, -0.2) is 9.59 Å². The highest BCUT2D eigenvalue weighted by Crippen LogP contribution is 2.41. The summed E-state index contributed by atoms with van der Waals surface area (Å²) in [7, 11) is 0. The van der Waals surface area contributed by atoms with E-state index in [1.807, 2.05) is 13.8 Å². The second kappa shape index (κ2) is 5.43. The van der Waals surface area contributed by atoms with Gasteiger partial charge in [-0.05, 0) is 34.6 Å². The van der Waals surface area contributed by atoms with E-state index in [9.17, 15) is 9.59 Å². The number of carbonyl (C=O) groups excluding carboxylic acids is 2. The lowest BCUT2D eigenvalue weighted by Gasteiger charge is -2.34. The van der Waals surface area contributed by atoms with Crippen molar-refractivity contribution < 1.29 is 19.2 Å². The first-order valence-corrected chi connectivity index (χ1v) is 7.57. The van der Waals surface area contributed by atoms with Crippen molar-refractivity contribution >= 4 is 17.9 Å². The summed E-state index contributed by atoms with van der Waals surface area (Å²) in [6.45, 7) is 11.0. The number of amides is 1. The molecule has 128 valence electrons. The Morgan fingerprint density at radius 2 is 1.96 bits per heavy atom. The van der Waals surface area contributed by atoms with Crippen molar-refractivity contribution in [1.82, 2.24) is 14.8 Å². The first-order chi connectivity index (χ1) is 10.5. The maximum absolute atomic E-state index is 12.5. The highest BCUT2D eigenvalue weighted by Gasteiger charge is 2.47. The summed E-state index contributed by atoms with van der Waals surface area (Å²) in [5.41, 5.74) is 5.80. The lowest BCUT2D eigenvalue weighted by molar-refractivity contribution is -0.146. The van der Waals surface area contributed by atoms with Crippen molar-refractivity contribution in [2.75, 3.05) is 5.73 Å². The SMILES string of the molecule is CCC(=O)On1nc(N)c2c1C(C)(C)N(C(=O)OC(C)(C)C)C2. The molecule has 0 unspecified atom stereocenters. The Kier molecular flexibility index (Phi) is 4.04. The van der Waals surface area contributed by atoms with Crippen LogP contribution in [-0.4, -0.2) is 32.5 Å². The molecule has 1 aliphatic rings. The Morgan fingerprint density at radius 3 is 2.48 bits per heavy atom. The minimum absolute atomic E-state index is 0.213. The zero-order valence-corrected chi connectivity index (χ0v) is 14.5. The number of hydrogen-bond acceptors (Lipinski definition) is 6. The number of rotatable bonds is 2. The van der Waals surface area contributed by atoms with Crippen molar-refractivity contribution in [1.29, 1.82) is 0 Å². The van der Waals surface area contributed by atoms with Crippen molar-refractivity contribution in [3.8, 4) is 0 Å². The molecule has 0 fully saturated rings. The lowest BCUT2D eigenvalue weighted by atomic mass is 10.0. The molecule has 0 aromatic carbocycles. The normalized spacial score (nSPS) is 16.2. The molecule has 0 atom stereocenters. The van der Waals surface area contributed by atoms with Crippen LogP contribution in [0.5, 0.6) is 0 Å². The molecule has 2 heterocycles. The lowest BCUT2D eigenvalue weighted by Crippen LogP contribution is -2.45. The third-order valence-electron chi connectivity index (χ3n) is 3.65. The van der Waals surface area contributed by atoms with Crippen LogP contribution in [0.1, 0.15) is 59.2 Å². The largest absolute Gasteiger partial charge is 0.444 e. The first-order valence-electron chi connectivity index (χ1n) is 7.57. The standard InChI is InChI=1S/C15H24N4O4/c1-7-10(20)23-19-11-9(12(16)17-19)8-18(15(11,5)6)13(21)22-14(2,3)4/h7-8H2,1-6H3,(H2,16,17). The van der Waals surface area contributed by atoms with Crippen LogP contribution >= 0.6 is 0 Å². The van der Waals surface area contributed by atoms with Gasteiger partial charge in [0.25, 0.3) is 0 Å². The number of ether oxygens (including phenoxy) is 1. The molecule has 0 saturated heterocycles. The number of hydrogen-bond donors (Lipinski definition) is 1. The van der Waals surface area contributed by atoms with Crippen LogP contribution < -0.4 is 10.6 Å². The van der Waals surface area contributed by atoms with Gasteiger partial charge >= 0.3 is 12.1 Å². The quantitative estimate of drug-likeness (QED) is 0.890. The van der Waals surface area contributed by atoms with Crippen LogP contribution in [0.3, 0.4) is 0 Å². The second-order valence-electron chi connectivity index (χ2n) is 7.03. The zero-order chi connectivity index (χ0) is 17.6. The third kappa shape index (κ3) is 3.11. The van der Waals surface area contributed by atoms with E-state index in [2.05, 4.69) is 5.10 Å². The van der Waals surface area contributed by atoms with Crippen molar-refractivity contribution in [2.24, 2.45) is 0 Å². The number of aromatic nitrogens is 2. The maximum atomic E-state index is 12.5. The highest BCUT2D eigenvalue weighted by molar-refractivity contribution is 5.72. The predicted molar refractivity (Wildman–Crippen MR) is 83.3 cm³/mol. The summed E-state index contributed by atoms with van der Waals surface area (Å²) < 4.78 is 5.45. The minimum Gasteiger partial charge on any atom is -0.444 e. The minimum atomic E-state index is -0.768. The molecule has 0 spiro atoms. The van der Waals surface area contributed by atoms with Gasteiger partial charge in [0, 0.05) is 12.0 Å². The molecule has 23 heavy (non-hydrogen) atoms. The van der Waals surface area contributed by atoms with Crippen LogP contribution in [-0.2, 0) is 21.6 Å². The number of fused-ring (bicyclic) bond motifs is 1. The van der Waals surface area contributed by atoms with Crippen molar-refractivity contribution in [3.63, 3.8) is 0 Å². The molecule has 8 heteroatoms. The summed E-state index contributed by atoms with van der Waals surface area (Å²) >= 11 is 0.